The van der Waals surface area contributed by atoms with Gasteiger partial charge in [-0.15, -0.1) is 11.3 Å². The number of nitrogens with zero attached hydrogens (tertiary/aromatic N) is 2. The summed E-state index contributed by atoms with van der Waals surface area (Å²) in [5, 5.41) is 3.08. The smallest absolute Gasteiger partial charge is 0.261 e. The number of likely N-dealkylation sites (tertiary alicyclic amines) is 1. The summed E-state index contributed by atoms with van der Waals surface area (Å²) in [6, 6.07) is 5.92. The Balaban J connectivity index is 1.33. The van der Waals surface area contributed by atoms with Crippen molar-refractivity contribution < 1.29 is 14.3 Å². The third kappa shape index (κ3) is 3.22. The molecule has 7 heteroatoms. The van der Waals surface area contributed by atoms with Crippen molar-refractivity contribution in [1.82, 2.24) is 15.2 Å². The summed E-state index contributed by atoms with van der Waals surface area (Å²) in [6.45, 7) is 1.98. The van der Waals surface area contributed by atoms with Gasteiger partial charge in [-0.25, -0.2) is 0 Å². The third-order valence-corrected chi connectivity index (χ3v) is 7.26. The first-order chi connectivity index (χ1) is 13.6. The molecule has 4 heterocycles. The lowest BCUT2D eigenvalue weighted by molar-refractivity contribution is -0.0906. The minimum Gasteiger partial charge on any atom is -0.369 e. The number of fused-ring (bicyclic) bond motifs is 2. The van der Waals surface area contributed by atoms with Gasteiger partial charge in [-0.1, -0.05) is 0 Å². The van der Waals surface area contributed by atoms with Crippen LogP contribution >= 0.6 is 11.3 Å². The molecule has 2 fully saturated rings. The van der Waals surface area contributed by atoms with Gasteiger partial charge in [-0.05, 0) is 55.9 Å². The Morgan fingerprint density at radius 3 is 2.68 bits per heavy atom. The third-order valence-electron chi connectivity index (χ3n) is 5.89. The average molecular weight is 398 g/mol. The second kappa shape index (κ2) is 6.97. The van der Waals surface area contributed by atoms with Crippen molar-refractivity contribution in [3.8, 4) is 0 Å². The summed E-state index contributed by atoms with van der Waals surface area (Å²) >= 11 is 1.58. The summed E-state index contributed by atoms with van der Waals surface area (Å²) < 4.78 is 6.28. The van der Waals surface area contributed by atoms with Crippen molar-refractivity contribution in [2.75, 3.05) is 19.7 Å². The van der Waals surface area contributed by atoms with Gasteiger partial charge in [0.15, 0.2) is 0 Å². The Labute approximate surface area is 167 Å². The minimum atomic E-state index is -0.356. The van der Waals surface area contributed by atoms with Crippen LogP contribution in [0, 0.1) is 0 Å². The topological polar surface area (TPSA) is 71.5 Å². The van der Waals surface area contributed by atoms with Crippen molar-refractivity contribution in [1.29, 1.82) is 0 Å². The van der Waals surface area contributed by atoms with Crippen LogP contribution < -0.4 is 5.32 Å². The molecule has 5 rings (SSSR count). The molecule has 2 amide bonds. The fraction of sp³-hybridized carbons (Fsp3) is 0.476. The van der Waals surface area contributed by atoms with Gasteiger partial charge in [-0.2, -0.15) is 0 Å². The first kappa shape index (κ1) is 17.8. The lowest BCUT2D eigenvalue weighted by Crippen LogP contribution is -2.47. The van der Waals surface area contributed by atoms with Crippen LogP contribution in [-0.4, -0.2) is 47.4 Å². The van der Waals surface area contributed by atoms with Crippen molar-refractivity contribution >= 4 is 23.2 Å². The van der Waals surface area contributed by atoms with E-state index in [0.717, 1.165) is 37.0 Å². The quantitative estimate of drug-likeness (QED) is 0.865. The Kier molecular flexibility index (Phi) is 4.44. The number of nitrogens with one attached hydrogen (secondary N) is 1. The summed E-state index contributed by atoms with van der Waals surface area (Å²) in [5.41, 5.74) is 1.56. The molecule has 2 aromatic heterocycles. The molecule has 2 aromatic rings. The van der Waals surface area contributed by atoms with E-state index in [1.54, 1.807) is 35.9 Å². The maximum atomic E-state index is 12.7. The molecule has 1 saturated heterocycles. The van der Waals surface area contributed by atoms with Gasteiger partial charge in [0.05, 0.1) is 11.5 Å². The van der Waals surface area contributed by atoms with E-state index in [9.17, 15) is 9.59 Å². The molecule has 2 aliphatic heterocycles. The lowest BCUT2D eigenvalue weighted by Gasteiger charge is -2.43. The van der Waals surface area contributed by atoms with Crippen LogP contribution in [0.1, 0.15) is 56.2 Å². The second-order valence-corrected chi connectivity index (χ2v) is 8.89. The summed E-state index contributed by atoms with van der Waals surface area (Å²) in [4.78, 5) is 33.1. The van der Waals surface area contributed by atoms with E-state index in [-0.39, 0.29) is 17.4 Å². The summed E-state index contributed by atoms with van der Waals surface area (Å²) in [5.74, 6) is 0.0892. The van der Waals surface area contributed by atoms with Gasteiger partial charge in [0, 0.05) is 42.0 Å². The summed E-state index contributed by atoms with van der Waals surface area (Å²) in [7, 11) is 0. The zero-order chi connectivity index (χ0) is 19.1. The standard InChI is InChI=1S/C21H23N3O3S/c25-19(23-16-1-2-16)17-13-15-5-12-27-21(18(15)28-17)6-10-24(11-7-21)20(26)14-3-8-22-9-4-14/h3-4,8-9,13,16H,1-2,5-7,10-12H2,(H,23,25). The zero-order valence-corrected chi connectivity index (χ0v) is 16.5. The largest absolute Gasteiger partial charge is 0.369 e. The molecule has 1 saturated carbocycles. The maximum absolute atomic E-state index is 12.7. The molecular weight excluding hydrogens is 374 g/mol. The van der Waals surface area contributed by atoms with Crippen LogP contribution in [0.5, 0.6) is 0 Å². The maximum Gasteiger partial charge on any atom is 0.261 e. The van der Waals surface area contributed by atoms with E-state index in [1.807, 2.05) is 4.90 Å². The molecule has 0 radical (unpaired) electrons. The molecule has 0 unspecified atom stereocenters. The number of pyridine rings is 1. The minimum absolute atomic E-state index is 0.0438. The van der Waals surface area contributed by atoms with Crippen molar-refractivity contribution in [2.45, 2.75) is 43.7 Å². The van der Waals surface area contributed by atoms with Gasteiger partial charge < -0.3 is 15.0 Å². The summed E-state index contributed by atoms with van der Waals surface area (Å²) in [6.07, 6.45) is 7.85. The van der Waals surface area contributed by atoms with Gasteiger partial charge in [0.1, 0.15) is 5.60 Å². The highest BCUT2D eigenvalue weighted by Crippen LogP contribution is 2.45. The first-order valence-electron chi connectivity index (χ1n) is 9.92. The lowest BCUT2D eigenvalue weighted by atomic mass is 9.85. The number of thiophene rings is 1. The van der Waals surface area contributed by atoms with Crippen LogP contribution in [0.25, 0.3) is 0 Å². The van der Waals surface area contributed by atoms with Crippen LogP contribution in [-0.2, 0) is 16.8 Å². The van der Waals surface area contributed by atoms with E-state index in [0.29, 0.717) is 31.3 Å². The Hall–Kier alpha value is -2.25. The Morgan fingerprint density at radius 1 is 1.21 bits per heavy atom. The molecule has 0 atom stereocenters. The number of carbonyl (C=O) groups excluding carboxylic acids is 2. The molecule has 1 spiro atoms. The van der Waals surface area contributed by atoms with E-state index in [2.05, 4.69) is 16.4 Å². The van der Waals surface area contributed by atoms with E-state index in [4.69, 9.17) is 4.74 Å². The van der Waals surface area contributed by atoms with Gasteiger partial charge >= 0.3 is 0 Å². The van der Waals surface area contributed by atoms with Gasteiger partial charge in [0.2, 0.25) is 0 Å². The van der Waals surface area contributed by atoms with E-state index < -0.39 is 0 Å². The molecule has 0 bridgehead atoms. The predicted molar refractivity (Wildman–Crippen MR) is 106 cm³/mol. The Bertz CT molecular complexity index is 899. The van der Waals surface area contributed by atoms with Gasteiger partial charge in [-0.3, -0.25) is 14.6 Å². The fourth-order valence-corrected chi connectivity index (χ4v) is 5.45. The van der Waals surface area contributed by atoms with Crippen molar-refractivity contribution in [2.24, 2.45) is 0 Å². The number of piperidine rings is 1. The Morgan fingerprint density at radius 2 is 1.96 bits per heavy atom. The number of ether oxygens (including phenoxy) is 1. The predicted octanol–water partition coefficient (Wildman–Crippen LogP) is 2.74. The number of amides is 2. The highest BCUT2D eigenvalue weighted by molar-refractivity contribution is 7.14. The van der Waals surface area contributed by atoms with Crippen LogP contribution in [0.4, 0.5) is 0 Å². The monoisotopic (exact) mass is 397 g/mol. The molecule has 28 heavy (non-hydrogen) atoms. The van der Waals surface area contributed by atoms with Crippen LogP contribution in [0.2, 0.25) is 0 Å². The van der Waals surface area contributed by atoms with Crippen molar-refractivity contribution in [3.63, 3.8) is 0 Å². The highest BCUT2D eigenvalue weighted by Gasteiger charge is 2.43. The number of rotatable bonds is 3. The number of hydrogen-bond donors (Lipinski definition) is 1. The molecule has 146 valence electrons. The molecular formula is C21H23N3O3S. The SMILES string of the molecule is O=C(NC1CC1)c1cc2c(s1)C1(CCN(C(=O)c3ccncc3)CC1)OCC2. The fourth-order valence-electron chi connectivity index (χ4n) is 4.14. The average Bonchev–Trinajstić information content (AvgIpc) is 3.43. The first-order valence-corrected chi connectivity index (χ1v) is 10.7. The molecule has 1 N–H and O–H groups in total. The number of hydrogen-bond acceptors (Lipinski definition) is 5. The second-order valence-electron chi connectivity index (χ2n) is 7.83. The number of aromatic nitrogens is 1. The van der Waals surface area contributed by atoms with Crippen LogP contribution in [0.15, 0.2) is 30.6 Å². The normalized spacial score (nSPS) is 20.6. The molecule has 1 aliphatic carbocycles. The van der Waals surface area contributed by atoms with E-state index >= 15 is 0 Å². The van der Waals surface area contributed by atoms with E-state index in [1.165, 1.54) is 10.4 Å². The van der Waals surface area contributed by atoms with Crippen LogP contribution in [0.3, 0.4) is 0 Å². The van der Waals surface area contributed by atoms with Crippen molar-refractivity contribution in [3.05, 3.63) is 51.5 Å². The zero-order valence-electron chi connectivity index (χ0n) is 15.6. The molecule has 3 aliphatic rings. The highest BCUT2D eigenvalue weighted by atomic mass is 32.1. The van der Waals surface area contributed by atoms with Gasteiger partial charge in [0.25, 0.3) is 11.8 Å². The molecule has 6 nitrogen and oxygen atoms in total. The molecule has 0 aromatic carbocycles. The number of carbonyl (C=O) groups is 2.